The van der Waals surface area contributed by atoms with E-state index in [1.807, 2.05) is 13.8 Å². The standard InChI is InChI=1S/C15H30O7/c1-8-21-15(22-9-2,10-12(3)16)14(19-6,20-7)11-13(17-4)18-5/h13H,8-11H2,1-7H3. The van der Waals surface area contributed by atoms with Gasteiger partial charge in [0.05, 0.1) is 12.8 Å². The number of carbonyl (C=O) groups is 1. The molecule has 0 aromatic carbocycles. The Morgan fingerprint density at radius 3 is 1.64 bits per heavy atom. The van der Waals surface area contributed by atoms with Crippen LogP contribution in [-0.2, 0) is 33.2 Å². The molecule has 0 radical (unpaired) electrons. The van der Waals surface area contributed by atoms with Crippen molar-refractivity contribution in [2.75, 3.05) is 41.7 Å². The molecule has 0 aliphatic rings. The van der Waals surface area contributed by atoms with Gasteiger partial charge in [-0.3, -0.25) is 4.79 Å². The number of rotatable bonds is 13. The van der Waals surface area contributed by atoms with Gasteiger partial charge < -0.3 is 28.4 Å². The zero-order valence-corrected chi connectivity index (χ0v) is 14.8. The summed E-state index contributed by atoms with van der Waals surface area (Å²) < 4.78 is 33.3. The van der Waals surface area contributed by atoms with Crippen molar-refractivity contribution in [2.45, 2.75) is 51.5 Å². The van der Waals surface area contributed by atoms with Crippen LogP contribution >= 0.6 is 0 Å². The first kappa shape index (κ1) is 21.4. The molecule has 0 aliphatic carbocycles. The molecule has 0 saturated heterocycles. The summed E-state index contributed by atoms with van der Waals surface area (Å²) in [6.07, 6.45) is -0.455. The minimum absolute atomic E-state index is 0.0174. The average Bonchev–Trinajstić information content (AvgIpc) is 2.49. The number of ether oxygens (including phenoxy) is 6. The number of methoxy groups -OCH3 is 4. The van der Waals surface area contributed by atoms with Gasteiger partial charge in [0.15, 0.2) is 6.29 Å². The van der Waals surface area contributed by atoms with E-state index in [0.29, 0.717) is 13.2 Å². The molecule has 0 fully saturated rings. The topological polar surface area (TPSA) is 72.5 Å². The van der Waals surface area contributed by atoms with E-state index < -0.39 is 17.9 Å². The maximum Gasteiger partial charge on any atom is 0.230 e. The van der Waals surface area contributed by atoms with E-state index in [2.05, 4.69) is 0 Å². The van der Waals surface area contributed by atoms with E-state index in [1.54, 1.807) is 0 Å². The van der Waals surface area contributed by atoms with Crippen molar-refractivity contribution in [3.05, 3.63) is 0 Å². The first-order chi connectivity index (χ1) is 10.4. The summed E-state index contributed by atoms with van der Waals surface area (Å²) in [5.41, 5.74) is 0. The number of hydrogen-bond acceptors (Lipinski definition) is 7. The summed E-state index contributed by atoms with van der Waals surface area (Å²) in [5.74, 6) is -2.85. The fourth-order valence-electron chi connectivity index (χ4n) is 2.49. The van der Waals surface area contributed by atoms with Crippen LogP contribution in [0.5, 0.6) is 0 Å². The molecule has 0 atom stereocenters. The van der Waals surface area contributed by atoms with Gasteiger partial charge in [-0.25, -0.2) is 0 Å². The molecule has 7 nitrogen and oxygen atoms in total. The van der Waals surface area contributed by atoms with Crippen LogP contribution in [0.3, 0.4) is 0 Å². The van der Waals surface area contributed by atoms with E-state index >= 15 is 0 Å². The largest absolute Gasteiger partial charge is 0.356 e. The van der Waals surface area contributed by atoms with Crippen molar-refractivity contribution in [1.82, 2.24) is 0 Å². The molecule has 0 aromatic heterocycles. The highest BCUT2D eigenvalue weighted by Crippen LogP contribution is 2.39. The summed E-state index contributed by atoms with van der Waals surface area (Å²) in [6, 6.07) is 0. The number of carbonyl (C=O) groups excluding carboxylic acids is 1. The third-order valence-corrected chi connectivity index (χ3v) is 3.44. The Kier molecular flexibility index (Phi) is 9.99. The summed E-state index contributed by atoms with van der Waals surface area (Å²) >= 11 is 0. The van der Waals surface area contributed by atoms with Crippen LogP contribution in [0.15, 0.2) is 0 Å². The minimum Gasteiger partial charge on any atom is -0.356 e. The SMILES string of the molecule is CCOC(CC(C)=O)(OCC)C(CC(OC)OC)(OC)OC. The van der Waals surface area contributed by atoms with Gasteiger partial charge in [0.1, 0.15) is 5.78 Å². The van der Waals surface area contributed by atoms with Crippen molar-refractivity contribution in [2.24, 2.45) is 0 Å². The zero-order chi connectivity index (χ0) is 17.2. The van der Waals surface area contributed by atoms with Crippen molar-refractivity contribution in [3.8, 4) is 0 Å². The molecule has 0 unspecified atom stereocenters. The van der Waals surface area contributed by atoms with Gasteiger partial charge in [0, 0.05) is 41.7 Å². The summed E-state index contributed by atoms with van der Waals surface area (Å²) in [4.78, 5) is 11.8. The number of ketones is 1. The Morgan fingerprint density at radius 2 is 1.36 bits per heavy atom. The van der Waals surface area contributed by atoms with Gasteiger partial charge in [0.2, 0.25) is 11.6 Å². The molecule has 0 aromatic rings. The lowest BCUT2D eigenvalue weighted by atomic mass is 9.95. The molecule has 0 heterocycles. The van der Waals surface area contributed by atoms with Crippen molar-refractivity contribution < 1.29 is 33.2 Å². The normalized spacial score (nSPS) is 12.9. The van der Waals surface area contributed by atoms with E-state index in [1.165, 1.54) is 35.4 Å². The first-order valence-electron chi connectivity index (χ1n) is 7.34. The van der Waals surface area contributed by atoms with Crippen LogP contribution in [-0.4, -0.2) is 65.3 Å². The molecule has 0 saturated carbocycles. The van der Waals surface area contributed by atoms with Crippen LogP contribution in [0.1, 0.15) is 33.6 Å². The summed E-state index contributed by atoms with van der Waals surface area (Å²) in [7, 11) is 5.97. The zero-order valence-electron chi connectivity index (χ0n) is 14.8. The highest BCUT2D eigenvalue weighted by atomic mass is 16.8. The maximum atomic E-state index is 11.8. The molecule has 0 aliphatic heterocycles. The van der Waals surface area contributed by atoms with Crippen LogP contribution < -0.4 is 0 Å². The molecule has 132 valence electrons. The van der Waals surface area contributed by atoms with Crippen LogP contribution in [0.4, 0.5) is 0 Å². The highest BCUT2D eigenvalue weighted by Gasteiger charge is 2.57. The van der Waals surface area contributed by atoms with Crippen LogP contribution in [0, 0.1) is 0 Å². The van der Waals surface area contributed by atoms with Gasteiger partial charge in [-0.2, -0.15) is 0 Å². The summed E-state index contributed by atoms with van der Waals surface area (Å²) in [5, 5.41) is 0. The summed E-state index contributed by atoms with van der Waals surface area (Å²) in [6.45, 7) is 5.74. The van der Waals surface area contributed by atoms with Crippen molar-refractivity contribution in [1.29, 1.82) is 0 Å². The molecule has 22 heavy (non-hydrogen) atoms. The number of hydrogen-bond donors (Lipinski definition) is 0. The molecular weight excluding hydrogens is 292 g/mol. The minimum atomic E-state index is -1.39. The van der Waals surface area contributed by atoms with Gasteiger partial charge in [0.25, 0.3) is 0 Å². The fourth-order valence-corrected chi connectivity index (χ4v) is 2.49. The molecule has 0 amide bonds. The Bertz CT molecular complexity index is 305. The predicted octanol–water partition coefficient (Wildman–Crippen LogP) is 1.73. The Hall–Kier alpha value is -0.570. The Morgan fingerprint density at radius 1 is 0.909 bits per heavy atom. The van der Waals surface area contributed by atoms with Crippen LogP contribution in [0.2, 0.25) is 0 Å². The lowest BCUT2D eigenvalue weighted by molar-refractivity contribution is -0.408. The van der Waals surface area contributed by atoms with Gasteiger partial charge in [-0.15, -0.1) is 0 Å². The van der Waals surface area contributed by atoms with Gasteiger partial charge >= 0.3 is 0 Å². The van der Waals surface area contributed by atoms with Crippen molar-refractivity contribution >= 4 is 5.78 Å². The second-order valence-corrected chi connectivity index (χ2v) is 4.76. The van der Waals surface area contributed by atoms with Crippen molar-refractivity contribution in [3.63, 3.8) is 0 Å². The molecule has 7 heteroatoms. The second-order valence-electron chi connectivity index (χ2n) is 4.76. The van der Waals surface area contributed by atoms with Crippen LogP contribution in [0.25, 0.3) is 0 Å². The van der Waals surface area contributed by atoms with Gasteiger partial charge in [-0.1, -0.05) is 0 Å². The highest BCUT2D eigenvalue weighted by molar-refractivity contribution is 5.76. The van der Waals surface area contributed by atoms with E-state index in [-0.39, 0.29) is 18.6 Å². The number of Topliss-reactive ketones (excluding diaryl/α,β-unsaturated/α-hetero) is 1. The maximum absolute atomic E-state index is 11.8. The third kappa shape index (κ3) is 4.97. The molecule has 0 bridgehead atoms. The Balaban J connectivity index is 5.83. The third-order valence-electron chi connectivity index (χ3n) is 3.44. The Labute approximate surface area is 133 Å². The molecule has 0 N–H and O–H groups in total. The lowest BCUT2D eigenvalue weighted by Crippen LogP contribution is -2.62. The second kappa shape index (κ2) is 10.3. The monoisotopic (exact) mass is 322 g/mol. The average molecular weight is 322 g/mol. The first-order valence-corrected chi connectivity index (χ1v) is 7.34. The predicted molar refractivity (Wildman–Crippen MR) is 80.5 cm³/mol. The molecule has 0 rings (SSSR count). The quantitative estimate of drug-likeness (QED) is 0.478. The van der Waals surface area contributed by atoms with Gasteiger partial charge in [-0.05, 0) is 20.8 Å². The fraction of sp³-hybridized carbons (Fsp3) is 0.933. The molecular formula is C15H30O7. The smallest absolute Gasteiger partial charge is 0.230 e. The molecule has 0 spiro atoms. The van der Waals surface area contributed by atoms with E-state index in [0.717, 1.165) is 0 Å². The van der Waals surface area contributed by atoms with E-state index in [9.17, 15) is 4.79 Å². The lowest BCUT2D eigenvalue weighted by Gasteiger charge is -2.47. The van der Waals surface area contributed by atoms with E-state index in [4.69, 9.17) is 28.4 Å².